The zero-order valence-corrected chi connectivity index (χ0v) is 8.96. The second-order valence-corrected chi connectivity index (χ2v) is 4.58. The molecule has 0 radical (unpaired) electrons. The van der Waals surface area contributed by atoms with E-state index in [1.54, 1.807) is 0 Å². The van der Waals surface area contributed by atoms with Gasteiger partial charge in [0.05, 0.1) is 0 Å². The molecule has 0 bridgehead atoms. The molecule has 14 heavy (non-hydrogen) atoms. The van der Waals surface area contributed by atoms with Crippen LogP contribution < -0.4 is 0 Å². The second kappa shape index (κ2) is 4.16. The first-order chi connectivity index (χ1) is 6.77. The maximum atomic E-state index is 11.8. The Hall–Kier alpha value is -0.790. The molecular formula is C12H19NO. The highest BCUT2D eigenvalue weighted by Crippen LogP contribution is 2.26. The first kappa shape index (κ1) is 9.75. The molecule has 2 heteroatoms. The number of likely N-dealkylation sites (tertiary alicyclic amines) is 1. The molecule has 1 saturated heterocycles. The minimum absolute atomic E-state index is 0.344. The molecule has 1 heterocycles. The summed E-state index contributed by atoms with van der Waals surface area (Å²) in [7, 11) is 0. The van der Waals surface area contributed by atoms with Gasteiger partial charge in [-0.25, -0.2) is 0 Å². The Balaban J connectivity index is 2.03. The third-order valence-corrected chi connectivity index (χ3v) is 3.28. The highest BCUT2D eigenvalue weighted by molar-refractivity contribution is 5.79. The quantitative estimate of drug-likeness (QED) is 0.627. The van der Waals surface area contributed by atoms with Gasteiger partial charge in [0.2, 0.25) is 5.91 Å². The van der Waals surface area contributed by atoms with Crippen molar-refractivity contribution >= 4 is 5.91 Å². The minimum atomic E-state index is 0.344. The monoisotopic (exact) mass is 193 g/mol. The van der Waals surface area contributed by atoms with Crippen LogP contribution in [-0.2, 0) is 4.79 Å². The summed E-state index contributed by atoms with van der Waals surface area (Å²) >= 11 is 0. The number of nitrogens with zero attached hydrogens (tertiary/aromatic N) is 1. The molecule has 1 fully saturated rings. The number of rotatable bonds is 1. The normalized spacial score (nSPS) is 28.9. The molecule has 0 aromatic rings. The molecule has 1 amide bonds. The molecule has 1 aliphatic carbocycles. The lowest BCUT2D eigenvalue weighted by molar-refractivity contribution is -0.132. The second-order valence-electron chi connectivity index (χ2n) is 4.58. The first-order valence-corrected chi connectivity index (χ1v) is 5.77. The van der Waals surface area contributed by atoms with Crippen molar-refractivity contribution < 1.29 is 4.79 Å². The van der Waals surface area contributed by atoms with Crippen LogP contribution in [0, 0.1) is 5.92 Å². The van der Waals surface area contributed by atoms with Crippen molar-refractivity contribution in [3.8, 4) is 0 Å². The molecule has 78 valence electrons. The van der Waals surface area contributed by atoms with Crippen molar-refractivity contribution in [2.24, 2.45) is 5.92 Å². The van der Waals surface area contributed by atoms with Crippen LogP contribution in [0.3, 0.4) is 0 Å². The molecule has 1 unspecified atom stereocenters. The molecule has 0 saturated carbocycles. The summed E-state index contributed by atoms with van der Waals surface area (Å²) < 4.78 is 0. The van der Waals surface area contributed by atoms with Crippen molar-refractivity contribution in [2.75, 3.05) is 6.54 Å². The fourth-order valence-corrected chi connectivity index (χ4v) is 2.35. The van der Waals surface area contributed by atoms with E-state index < -0.39 is 0 Å². The fourth-order valence-electron chi connectivity index (χ4n) is 2.35. The van der Waals surface area contributed by atoms with Crippen molar-refractivity contribution in [2.45, 2.75) is 45.4 Å². The van der Waals surface area contributed by atoms with Gasteiger partial charge in [-0.2, -0.15) is 0 Å². The van der Waals surface area contributed by atoms with Gasteiger partial charge in [0.25, 0.3) is 0 Å². The predicted octanol–water partition coefficient (Wildman–Crippen LogP) is 2.70. The number of amides is 1. The maximum Gasteiger partial charge on any atom is 0.226 e. The first-order valence-electron chi connectivity index (χ1n) is 5.77. The van der Waals surface area contributed by atoms with Crippen molar-refractivity contribution in [3.05, 3.63) is 11.8 Å². The minimum Gasteiger partial charge on any atom is -0.317 e. The van der Waals surface area contributed by atoms with Crippen molar-refractivity contribution in [1.29, 1.82) is 0 Å². The van der Waals surface area contributed by atoms with Crippen LogP contribution in [-0.4, -0.2) is 17.4 Å². The number of hydrogen-bond donors (Lipinski definition) is 0. The number of hydrogen-bond acceptors (Lipinski definition) is 1. The van der Waals surface area contributed by atoms with Crippen LogP contribution in [0.25, 0.3) is 0 Å². The summed E-state index contributed by atoms with van der Waals surface area (Å²) in [5.41, 5.74) is 1.30. The van der Waals surface area contributed by atoms with Gasteiger partial charge in [0.1, 0.15) is 0 Å². The zero-order chi connectivity index (χ0) is 9.97. The Morgan fingerprint density at radius 1 is 1.43 bits per heavy atom. The molecule has 0 aromatic heterocycles. The average Bonchev–Trinajstić information content (AvgIpc) is 2.19. The van der Waals surface area contributed by atoms with E-state index in [9.17, 15) is 4.79 Å². The molecule has 1 aliphatic heterocycles. The molecule has 2 nitrogen and oxygen atoms in total. The van der Waals surface area contributed by atoms with Gasteiger partial charge in [-0.3, -0.25) is 4.79 Å². The van der Waals surface area contributed by atoms with Gasteiger partial charge >= 0.3 is 0 Å². The van der Waals surface area contributed by atoms with E-state index in [4.69, 9.17) is 0 Å². The predicted molar refractivity (Wildman–Crippen MR) is 56.7 cm³/mol. The van der Waals surface area contributed by atoms with E-state index in [-0.39, 0.29) is 0 Å². The van der Waals surface area contributed by atoms with Crippen LogP contribution >= 0.6 is 0 Å². The van der Waals surface area contributed by atoms with Crippen LogP contribution in [0.4, 0.5) is 0 Å². The number of piperidine rings is 1. The van der Waals surface area contributed by atoms with Crippen LogP contribution in [0.1, 0.15) is 45.4 Å². The number of carbonyl (C=O) groups is 1. The lowest BCUT2D eigenvalue weighted by Gasteiger charge is -2.33. The molecule has 1 atom stereocenters. The number of carbonyl (C=O) groups excluding carboxylic acids is 1. The van der Waals surface area contributed by atoms with Gasteiger partial charge in [-0.05, 0) is 38.0 Å². The third-order valence-electron chi connectivity index (χ3n) is 3.28. The smallest absolute Gasteiger partial charge is 0.226 e. The summed E-state index contributed by atoms with van der Waals surface area (Å²) in [5.74, 6) is 0.930. The fraction of sp³-hybridized carbons (Fsp3) is 0.750. The maximum absolute atomic E-state index is 11.8. The Kier molecular flexibility index (Phi) is 2.90. The lowest BCUT2D eigenvalue weighted by Crippen LogP contribution is -2.37. The Labute approximate surface area is 86.0 Å². The van der Waals surface area contributed by atoms with Gasteiger partial charge in [-0.1, -0.05) is 13.0 Å². The molecule has 0 aromatic carbocycles. The number of allylic oxidation sites excluding steroid dienone is 2. The standard InChI is InChI=1S/C12H19NO/c1-10-7-8-13(12(14)9-10)11-5-3-2-4-6-11/h5,10H,2-4,6-9H2,1H3. The molecule has 0 N–H and O–H groups in total. The van der Waals surface area contributed by atoms with Crippen molar-refractivity contribution in [1.82, 2.24) is 4.90 Å². The highest BCUT2D eigenvalue weighted by atomic mass is 16.2. The zero-order valence-electron chi connectivity index (χ0n) is 8.96. The van der Waals surface area contributed by atoms with Gasteiger partial charge in [0, 0.05) is 18.7 Å². The van der Waals surface area contributed by atoms with Crippen molar-refractivity contribution in [3.63, 3.8) is 0 Å². The van der Waals surface area contributed by atoms with Gasteiger partial charge < -0.3 is 4.90 Å². The Bertz CT molecular complexity index is 257. The summed E-state index contributed by atoms with van der Waals surface area (Å²) in [5, 5.41) is 0. The summed E-state index contributed by atoms with van der Waals surface area (Å²) in [6.07, 6.45) is 9.00. The summed E-state index contributed by atoms with van der Waals surface area (Å²) in [6.45, 7) is 3.12. The van der Waals surface area contributed by atoms with Gasteiger partial charge in [-0.15, -0.1) is 0 Å². The van der Waals surface area contributed by atoms with E-state index in [1.165, 1.54) is 25.0 Å². The Morgan fingerprint density at radius 2 is 2.29 bits per heavy atom. The molecule has 2 rings (SSSR count). The van der Waals surface area contributed by atoms with E-state index in [0.717, 1.165) is 25.8 Å². The van der Waals surface area contributed by atoms with Crippen LogP contribution in [0.5, 0.6) is 0 Å². The van der Waals surface area contributed by atoms with Crippen LogP contribution in [0.15, 0.2) is 11.8 Å². The molecule has 2 aliphatic rings. The van der Waals surface area contributed by atoms with E-state index in [0.29, 0.717) is 11.8 Å². The topological polar surface area (TPSA) is 20.3 Å². The molecular weight excluding hydrogens is 174 g/mol. The summed E-state index contributed by atoms with van der Waals surface area (Å²) in [6, 6.07) is 0. The van der Waals surface area contributed by atoms with Gasteiger partial charge in [0.15, 0.2) is 0 Å². The Morgan fingerprint density at radius 3 is 2.93 bits per heavy atom. The largest absolute Gasteiger partial charge is 0.317 e. The molecule has 0 spiro atoms. The average molecular weight is 193 g/mol. The SMILES string of the molecule is CC1CCN(C2=CCCCC2)C(=O)C1. The van der Waals surface area contributed by atoms with E-state index in [1.807, 2.05) is 4.90 Å². The lowest BCUT2D eigenvalue weighted by atomic mass is 9.96. The highest BCUT2D eigenvalue weighted by Gasteiger charge is 2.25. The van der Waals surface area contributed by atoms with E-state index in [2.05, 4.69) is 13.0 Å². The van der Waals surface area contributed by atoms with E-state index >= 15 is 0 Å². The summed E-state index contributed by atoms with van der Waals surface area (Å²) in [4.78, 5) is 13.8. The third kappa shape index (κ3) is 1.99. The van der Waals surface area contributed by atoms with Crippen LogP contribution in [0.2, 0.25) is 0 Å².